The van der Waals surface area contributed by atoms with Crippen molar-refractivity contribution in [2.75, 3.05) is 0 Å². The molecule has 1 rings (SSSR count). The minimum absolute atomic E-state index is 0.0602. The van der Waals surface area contributed by atoms with E-state index in [1.165, 1.54) is 19.1 Å². The normalized spacial score (nSPS) is 8.93. The summed E-state index contributed by atoms with van der Waals surface area (Å²) >= 11 is -1.80. The van der Waals surface area contributed by atoms with Gasteiger partial charge >= 0.3 is 93.4 Å². The molecular formula is C8H7HgNO4. The van der Waals surface area contributed by atoms with Gasteiger partial charge in [-0.25, -0.2) is 0 Å². The van der Waals surface area contributed by atoms with Crippen molar-refractivity contribution >= 4 is 14.7 Å². The number of nitrogens with zero attached hydrogens (tertiary/aromatic N) is 1. The molecule has 0 radical (unpaired) electrons. The topological polar surface area (TPSA) is 69.4 Å². The van der Waals surface area contributed by atoms with E-state index in [2.05, 4.69) is 0 Å². The quantitative estimate of drug-likeness (QED) is 0.441. The van der Waals surface area contributed by atoms with E-state index < -0.39 is 30.0 Å². The molecule has 1 aromatic carbocycles. The molecule has 0 amide bonds. The van der Waals surface area contributed by atoms with Gasteiger partial charge in [0.25, 0.3) is 0 Å². The molecule has 0 bridgehead atoms. The van der Waals surface area contributed by atoms with Crippen LogP contribution in [0.15, 0.2) is 24.3 Å². The molecule has 0 atom stereocenters. The number of carbonyl (C=O) groups is 1. The van der Waals surface area contributed by atoms with Crippen LogP contribution in [0, 0.1) is 10.1 Å². The Morgan fingerprint density at radius 3 is 2.43 bits per heavy atom. The van der Waals surface area contributed by atoms with Crippen LogP contribution in [-0.4, -0.2) is 10.9 Å². The zero-order chi connectivity index (χ0) is 10.6. The molecular weight excluding hydrogens is 375 g/mol. The Morgan fingerprint density at radius 2 is 2.00 bits per heavy atom. The van der Waals surface area contributed by atoms with E-state index in [0.29, 0.717) is 0 Å². The van der Waals surface area contributed by atoms with Crippen LogP contribution < -0.4 is 3.07 Å². The van der Waals surface area contributed by atoms with Crippen molar-refractivity contribution in [3.63, 3.8) is 0 Å². The number of benzene rings is 1. The first-order chi connectivity index (χ1) is 6.59. The van der Waals surface area contributed by atoms with Gasteiger partial charge in [-0.2, -0.15) is 0 Å². The standard InChI is InChI=1S/C6H4NO2.C2H4O2.Hg/c8-7(9)6-4-2-1-3-5-6;1-2(3)4;/h2-5H;1H3,(H,3,4);/q;;+1/p-1. The second kappa shape index (κ2) is 5.04. The summed E-state index contributed by atoms with van der Waals surface area (Å²) in [6.45, 7) is 1.37. The summed E-state index contributed by atoms with van der Waals surface area (Å²) in [7, 11) is 0. The number of non-ortho nitro benzene ring substituents is 1. The van der Waals surface area contributed by atoms with Gasteiger partial charge < -0.3 is 0 Å². The van der Waals surface area contributed by atoms with Crippen molar-refractivity contribution in [3.8, 4) is 0 Å². The maximum atomic E-state index is 10.5. The molecule has 0 saturated heterocycles. The average molecular weight is 382 g/mol. The summed E-state index contributed by atoms with van der Waals surface area (Å²) in [6.07, 6.45) is 0. The van der Waals surface area contributed by atoms with Gasteiger partial charge in [0.05, 0.1) is 0 Å². The molecule has 0 saturated carbocycles. The second-order valence-electron chi connectivity index (χ2n) is 2.70. The number of hydrogen-bond donors (Lipinski definition) is 0. The van der Waals surface area contributed by atoms with Crippen LogP contribution in [0.3, 0.4) is 0 Å². The van der Waals surface area contributed by atoms with Gasteiger partial charge in [0, 0.05) is 0 Å². The van der Waals surface area contributed by atoms with Gasteiger partial charge in [0.1, 0.15) is 0 Å². The predicted octanol–water partition coefficient (Wildman–Crippen LogP) is 0.781. The van der Waals surface area contributed by atoms with Crippen molar-refractivity contribution in [1.82, 2.24) is 0 Å². The van der Waals surface area contributed by atoms with Crippen LogP contribution in [0.2, 0.25) is 0 Å². The third-order valence-corrected chi connectivity index (χ3v) is 6.86. The van der Waals surface area contributed by atoms with Gasteiger partial charge in [0.2, 0.25) is 0 Å². The molecule has 6 heteroatoms. The Balaban J connectivity index is 2.64. The molecule has 0 N–H and O–H groups in total. The van der Waals surface area contributed by atoms with Crippen molar-refractivity contribution in [3.05, 3.63) is 34.4 Å². The number of carbonyl (C=O) groups excluding carboxylic acids is 1. The number of rotatable bonds is 3. The van der Waals surface area contributed by atoms with E-state index in [1.807, 2.05) is 0 Å². The number of nitro groups is 1. The van der Waals surface area contributed by atoms with E-state index in [4.69, 9.17) is 2.64 Å². The monoisotopic (exact) mass is 383 g/mol. The van der Waals surface area contributed by atoms with E-state index in [1.54, 1.807) is 12.1 Å². The van der Waals surface area contributed by atoms with Crippen LogP contribution in [-0.2, 0) is 32.5 Å². The Kier molecular flexibility index (Phi) is 4.00. The predicted molar refractivity (Wildman–Crippen MR) is 44.5 cm³/mol. The van der Waals surface area contributed by atoms with Crippen LogP contribution in [0.4, 0.5) is 5.69 Å². The molecule has 1 aromatic rings. The summed E-state index contributed by atoms with van der Waals surface area (Å²) in [6, 6.07) is 6.17. The van der Waals surface area contributed by atoms with Crippen molar-refractivity contribution in [2.45, 2.75) is 6.92 Å². The SMILES string of the molecule is CC(=O)[O][Hg][c]1ccc([N+](=O)[O-])cc1. The fraction of sp³-hybridized carbons (Fsp3) is 0.125. The maximum absolute atomic E-state index is 10.5. The number of nitro benzene ring substituents is 1. The molecule has 0 fully saturated rings. The average Bonchev–Trinajstić information content (AvgIpc) is 2.15. The first-order valence-electron chi connectivity index (χ1n) is 3.96. The molecule has 0 aliphatic rings. The third-order valence-electron chi connectivity index (χ3n) is 1.59. The summed E-state index contributed by atoms with van der Waals surface area (Å²) in [5.74, 6) is -0.273. The number of hydrogen-bond acceptors (Lipinski definition) is 4. The minimum atomic E-state index is -1.80. The third kappa shape index (κ3) is 3.41. The van der Waals surface area contributed by atoms with E-state index >= 15 is 0 Å². The summed E-state index contributed by atoms with van der Waals surface area (Å²) < 4.78 is 5.89. The van der Waals surface area contributed by atoms with Crippen molar-refractivity contribution in [2.24, 2.45) is 0 Å². The van der Waals surface area contributed by atoms with Gasteiger partial charge in [0.15, 0.2) is 0 Å². The summed E-state index contributed by atoms with van der Waals surface area (Å²) in [4.78, 5) is 20.4. The molecule has 0 aliphatic carbocycles. The van der Waals surface area contributed by atoms with Crippen LogP contribution >= 0.6 is 0 Å². The molecule has 0 aliphatic heterocycles. The van der Waals surface area contributed by atoms with Crippen molar-refractivity contribution in [1.29, 1.82) is 0 Å². The van der Waals surface area contributed by atoms with Crippen LogP contribution in [0.5, 0.6) is 0 Å². The second-order valence-corrected chi connectivity index (χ2v) is 8.12. The molecule has 70 valence electrons. The fourth-order valence-electron chi connectivity index (χ4n) is 0.899. The molecule has 0 spiro atoms. The van der Waals surface area contributed by atoms with Crippen molar-refractivity contribution < 1.29 is 37.4 Å². The van der Waals surface area contributed by atoms with E-state index in [0.717, 1.165) is 3.07 Å². The van der Waals surface area contributed by atoms with Crippen LogP contribution in [0.1, 0.15) is 6.92 Å². The van der Waals surface area contributed by atoms with E-state index in [9.17, 15) is 14.9 Å². The Morgan fingerprint density at radius 1 is 1.43 bits per heavy atom. The van der Waals surface area contributed by atoms with Crippen LogP contribution in [0.25, 0.3) is 0 Å². The van der Waals surface area contributed by atoms with Gasteiger partial charge in [-0.15, -0.1) is 0 Å². The molecule has 0 unspecified atom stereocenters. The summed E-state index contributed by atoms with van der Waals surface area (Å²) in [5.41, 5.74) is 0.0602. The Hall–Kier alpha value is -0.975. The van der Waals surface area contributed by atoms with Gasteiger partial charge in [-0.05, 0) is 0 Å². The first kappa shape index (κ1) is 11.1. The fourth-order valence-corrected chi connectivity index (χ4v) is 4.00. The first-order valence-corrected chi connectivity index (χ1v) is 8.95. The van der Waals surface area contributed by atoms with Gasteiger partial charge in [-0.1, -0.05) is 0 Å². The molecule has 0 heterocycles. The zero-order valence-corrected chi connectivity index (χ0v) is 13.1. The van der Waals surface area contributed by atoms with Gasteiger partial charge in [-0.3, -0.25) is 0 Å². The van der Waals surface area contributed by atoms with E-state index in [-0.39, 0.29) is 11.7 Å². The molecule has 14 heavy (non-hydrogen) atoms. The Bertz CT molecular complexity index is 349. The Labute approximate surface area is 93.3 Å². The molecule has 0 aromatic heterocycles. The zero-order valence-electron chi connectivity index (χ0n) is 7.60. The summed E-state index contributed by atoms with van der Waals surface area (Å²) in [5, 5.41) is 10.3. The molecule has 5 nitrogen and oxygen atoms in total.